The molecule has 0 fully saturated rings. The van der Waals surface area contributed by atoms with Crippen molar-refractivity contribution in [3.63, 3.8) is 0 Å². The highest BCUT2D eigenvalue weighted by molar-refractivity contribution is 5.83. The van der Waals surface area contributed by atoms with Gasteiger partial charge in [-0.25, -0.2) is 9.59 Å². The molecule has 25 heavy (non-hydrogen) atoms. The van der Waals surface area contributed by atoms with E-state index in [4.69, 9.17) is 14.3 Å². The minimum absolute atomic E-state index is 0.138. The summed E-state index contributed by atoms with van der Waals surface area (Å²) in [4.78, 5) is 28.4. The summed E-state index contributed by atoms with van der Waals surface area (Å²) < 4.78 is 10.6. The largest absolute Gasteiger partial charge is 0.480 e. The molecule has 8 heteroatoms. The number of ether oxygens (including phenoxy) is 2. The molecule has 0 radical (unpaired) electrons. The fourth-order valence-corrected chi connectivity index (χ4v) is 2.13. The highest BCUT2D eigenvalue weighted by Crippen LogP contribution is 2.17. The lowest BCUT2D eigenvalue weighted by Crippen LogP contribution is -2.50. The van der Waals surface area contributed by atoms with Gasteiger partial charge in [0, 0.05) is 0 Å². The highest BCUT2D eigenvalue weighted by Gasteiger charge is 2.37. The molecule has 1 aliphatic rings. The van der Waals surface area contributed by atoms with E-state index in [-0.39, 0.29) is 12.3 Å². The summed E-state index contributed by atoms with van der Waals surface area (Å²) in [5, 5.41) is 15.4. The van der Waals surface area contributed by atoms with Crippen molar-refractivity contribution in [1.29, 1.82) is 0 Å². The number of hydrogen-bond acceptors (Lipinski definition) is 6. The van der Waals surface area contributed by atoms with Gasteiger partial charge >= 0.3 is 12.1 Å². The Bertz CT molecular complexity index is 638. The second-order valence-corrected chi connectivity index (χ2v) is 6.57. The Hall–Kier alpha value is -2.77. The number of carbonyl (C=O) groups is 2. The van der Waals surface area contributed by atoms with Crippen molar-refractivity contribution >= 4 is 18.0 Å². The van der Waals surface area contributed by atoms with E-state index in [1.807, 2.05) is 30.3 Å². The van der Waals surface area contributed by atoms with Gasteiger partial charge in [-0.1, -0.05) is 35.5 Å². The number of nitrogens with zero attached hydrogens (tertiary/aromatic N) is 1. The van der Waals surface area contributed by atoms with Crippen LogP contribution < -0.4 is 5.32 Å². The van der Waals surface area contributed by atoms with Crippen LogP contribution >= 0.6 is 0 Å². The lowest BCUT2D eigenvalue weighted by Gasteiger charge is -2.23. The molecule has 0 saturated carbocycles. The maximum atomic E-state index is 11.8. The molecule has 1 amide bonds. The molecule has 0 bridgehead atoms. The molecule has 1 aliphatic heterocycles. The van der Waals surface area contributed by atoms with Crippen molar-refractivity contribution in [3.8, 4) is 0 Å². The Morgan fingerprint density at radius 2 is 2.04 bits per heavy atom. The summed E-state index contributed by atoms with van der Waals surface area (Å²) in [6.45, 7) is 5.36. The first-order valence-electron chi connectivity index (χ1n) is 7.86. The van der Waals surface area contributed by atoms with Gasteiger partial charge < -0.3 is 24.7 Å². The van der Waals surface area contributed by atoms with E-state index in [1.54, 1.807) is 20.8 Å². The minimum Gasteiger partial charge on any atom is -0.480 e. The predicted octanol–water partition coefficient (Wildman–Crippen LogP) is 2.28. The van der Waals surface area contributed by atoms with Gasteiger partial charge in [-0.15, -0.1) is 0 Å². The molecule has 1 aromatic rings. The average Bonchev–Trinajstić information content (AvgIpc) is 2.98. The summed E-state index contributed by atoms with van der Waals surface area (Å²) in [6, 6.07) is 8.18. The normalized spacial score (nSPS) is 17.9. The van der Waals surface area contributed by atoms with Crippen molar-refractivity contribution in [2.24, 2.45) is 5.16 Å². The van der Waals surface area contributed by atoms with E-state index in [1.165, 1.54) is 0 Å². The van der Waals surface area contributed by atoms with Crippen molar-refractivity contribution in [2.45, 2.75) is 51.5 Å². The number of amides is 1. The number of carboxylic acid groups (broad SMARTS) is 1. The molecule has 0 aromatic heterocycles. The number of rotatable bonds is 5. The van der Waals surface area contributed by atoms with Crippen LogP contribution in [0.5, 0.6) is 0 Å². The number of nitrogens with one attached hydrogen (secondary N) is 1. The van der Waals surface area contributed by atoms with Gasteiger partial charge in [0.15, 0.2) is 12.1 Å². The van der Waals surface area contributed by atoms with Gasteiger partial charge in [-0.3, -0.25) is 0 Å². The van der Waals surface area contributed by atoms with E-state index in [2.05, 4.69) is 10.5 Å². The van der Waals surface area contributed by atoms with E-state index >= 15 is 0 Å². The average molecular weight is 350 g/mol. The van der Waals surface area contributed by atoms with Crippen LogP contribution in [0.3, 0.4) is 0 Å². The summed E-state index contributed by atoms with van der Waals surface area (Å²) in [5.74, 6) is -0.957. The van der Waals surface area contributed by atoms with Crippen LogP contribution in [0.2, 0.25) is 0 Å². The van der Waals surface area contributed by atoms with Crippen molar-refractivity contribution in [2.75, 3.05) is 0 Å². The zero-order valence-corrected chi connectivity index (χ0v) is 14.4. The third-order valence-electron chi connectivity index (χ3n) is 3.22. The van der Waals surface area contributed by atoms with Gasteiger partial charge in [0.25, 0.3) is 0 Å². The van der Waals surface area contributed by atoms with Gasteiger partial charge in [0.2, 0.25) is 5.90 Å². The van der Waals surface area contributed by atoms with E-state index in [0.29, 0.717) is 6.61 Å². The molecule has 2 rings (SSSR count). The van der Waals surface area contributed by atoms with Crippen LogP contribution in [0, 0.1) is 0 Å². The lowest BCUT2D eigenvalue weighted by atomic mass is 10.1. The van der Waals surface area contributed by atoms with Crippen LogP contribution in [0.25, 0.3) is 0 Å². The fourth-order valence-electron chi connectivity index (χ4n) is 2.13. The molecular weight excluding hydrogens is 328 g/mol. The van der Waals surface area contributed by atoms with Gasteiger partial charge in [0.05, 0.1) is 6.42 Å². The second kappa shape index (κ2) is 7.87. The summed E-state index contributed by atoms with van der Waals surface area (Å²) >= 11 is 0. The zero-order valence-electron chi connectivity index (χ0n) is 14.4. The Balaban J connectivity index is 1.87. The Labute approximate surface area is 145 Å². The van der Waals surface area contributed by atoms with E-state index in [9.17, 15) is 14.7 Å². The number of oxime groups is 1. The molecule has 0 spiro atoms. The van der Waals surface area contributed by atoms with Crippen LogP contribution in [0.1, 0.15) is 32.8 Å². The molecule has 1 aromatic carbocycles. The molecule has 136 valence electrons. The summed E-state index contributed by atoms with van der Waals surface area (Å²) in [6.07, 6.45) is -1.56. The molecule has 0 saturated heterocycles. The number of aliphatic carboxylic acids is 1. The van der Waals surface area contributed by atoms with Crippen molar-refractivity contribution in [3.05, 3.63) is 35.9 Å². The third-order valence-corrected chi connectivity index (χ3v) is 3.22. The monoisotopic (exact) mass is 350 g/mol. The molecule has 8 nitrogen and oxygen atoms in total. The Morgan fingerprint density at radius 1 is 1.36 bits per heavy atom. The Morgan fingerprint density at radius 3 is 2.64 bits per heavy atom. The molecular formula is C17H22N2O6. The van der Waals surface area contributed by atoms with Crippen molar-refractivity contribution in [1.82, 2.24) is 5.32 Å². The molecule has 2 atom stereocenters. The number of carbonyl (C=O) groups excluding carboxylic acids is 1. The van der Waals surface area contributed by atoms with Crippen LogP contribution in [-0.4, -0.2) is 40.8 Å². The summed E-state index contributed by atoms with van der Waals surface area (Å²) in [7, 11) is 0. The van der Waals surface area contributed by atoms with Crippen LogP contribution in [0.15, 0.2) is 35.5 Å². The van der Waals surface area contributed by atoms with Gasteiger partial charge in [-0.05, 0) is 26.3 Å². The SMILES string of the molecule is CC(C)(C)OC(=O)N[C@@H](C(=O)O)[C@@H]1CC(OCc2ccccc2)=NO1. The predicted molar refractivity (Wildman–Crippen MR) is 88.9 cm³/mol. The maximum Gasteiger partial charge on any atom is 0.408 e. The smallest absolute Gasteiger partial charge is 0.408 e. The fraction of sp³-hybridized carbons (Fsp3) is 0.471. The zero-order chi connectivity index (χ0) is 18.4. The van der Waals surface area contributed by atoms with E-state index in [0.717, 1.165) is 5.56 Å². The van der Waals surface area contributed by atoms with E-state index < -0.39 is 29.8 Å². The number of hydrogen-bond donors (Lipinski definition) is 2. The maximum absolute atomic E-state index is 11.8. The topological polar surface area (TPSA) is 106 Å². The standard InChI is InChI=1S/C17H22N2O6/c1-17(2,3)24-16(22)18-14(15(20)21)12-9-13(19-25-12)23-10-11-7-5-4-6-8-11/h4-8,12,14H,9-10H2,1-3H3,(H,18,22)(H,20,21)/t12-,14+/m0/s1. The first-order chi connectivity index (χ1) is 11.7. The molecule has 1 heterocycles. The van der Waals surface area contributed by atoms with Crippen LogP contribution in [0.4, 0.5) is 4.79 Å². The summed E-state index contributed by atoms with van der Waals surface area (Å²) in [5.41, 5.74) is 0.222. The quantitative estimate of drug-likeness (QED) is 0.844. The minimum atomic E-state index is -1.29. The van der Waals surface area contributed by atoms with Gasteiger partial charge in [-0.2, -0.15) is 0 Å². The number of benzene rings is 1. The number of carboxylic acids is 1. The molecule has 0 unspecified atom stereocenters. The van der Waals surface area contributed by atoms with Crippen LogP contribution in [-0.2, 0) is 25.7 Å². The third kappa shape index (κ3) is 5.98. The van der Waals surface area contributed by atoms with Crippen molar-refractivity contribution < 1.29 is 29.0 Å². The highest BCUT2D eigenvalue weighted by atomic mass is 16.7. The first kappa shape index (κ1) is 18.6. The van der Waals surface area contributed by atoms with Gasteiger partial charge in [0.1, 0.15) is 12.2 Å². The molecule has 0 aliphatic carbocycles. The lowest BCUT2D eigenvalue weighted by molar-refractivity contribution is -0.143. The number of alkyl carbamates (subject to hydrolysis) is 1. The second-order valence-electron chi connectivity index (χ2n) is 6.57. The first-order valence-corrected chi connectivity index (χ1v) is 7.86. The molecule has 2 N–H and O–H groups in total. The Kier molecular flexibility index (Phi) is 5.84.